The highest BCUT2D eigenvalue weighted by atomic mass is 16.5. The highest BCUT2D eigenvalue weighted by molar-refractivity contribution is 5.38. The first-order valence-electron chi connectivity index (χ1n) is 5.85. The molecule has 4 nitrogen and oxygen atoms in total. The lowest BCUT2D eigenvalue weighted by Crippen LogP contribution is -1.97. The van der Waals surface area contributed by atoms with E-state index in [0.29, 0.717) is 23.9 Å². The first-order valence-corrected chi connectivity index (χ1v) is 5.85. The van der Waals surface area contributed by atoms with E-state index in [4.69, 9.17) is 14.2 Å². The zero-order chi connectivity index (χ0) is 13.7. The Morgan fingerprint density at radius 1 is 0.857 bits per heavy atom. The van der Waals surface area contributed by atoms with Gasteiger partial charge in [-0.15, -0.1) is 0 Å². The van der Waals surface area contributed by atoms with Gasteiger partial charge in [-0.2, -0.15) is 0 Å². The highest BCUT2D eigenvalue weighted by Gasteiger charge is 2.03. The zero-order valence-electron chi connectivity index (χ0n) is 10.9. The molecule has 1 N–H and O–H groups in total. The average Bonchev–Trinajstić information content (AvgIpc) is 2.44. The molecule has 0 fully saturated rings. The average molecular weight is 292 g/mol. The van der Waals surface area contributed by atoms with Crippen molar-refractivity contribution < 1.29 is 19.3 Å². The topological polar surface area (TPSA) is 47.9 Å². The smallest absolute Gasteiger partial charge is 0.123 e. The molecule has 2 aromatic carbocycles. The van der Waals surface area contributed by atoms with E-state index in [1.165, 1.54) is 0 Å². The molecule has 0 bridgehead atoms. The van der Waals surface area contributed by atoms with Gasteiger partial charge in [-0.05, 0) is 29.8 Å². The van der Waals surface area contributed by atoms with Crippen LogP contribution in [0.1, 0.15) is 20.4 Å². The van der Waals surface area contributed by atoms with Gasteiger partial charge < -0.3 is 19.3 Å². The third-order valence-corrected chi connectivity index (χ3v) is 2.63. The number of ether oxygens (including phenoxy) is 3. The monoisotopic (exact) mass is 292 g/mol. The molecule has 0 radical (unpaired) electrons. The fourth-order valence-corrected chi connectivity index (χ4v) is 1.69. The van der Waals surface area contributed by atoms with E-state index < -0.39 is 0 Å². The van der Waals surface area contributed by atoms with Crippen LogP contribution in [0.3, 0.4) is 0 Å². The third-order valence-electron chi connectivity index (χ3n) is 2.63. The zero-order valence-corrected chi connectivity index (χ0v) is 10.9. The van der Waals surface area contributed by atoms with E-state index in [-0.39, 0.29) is 20.6 Å². The Morgan fingerprint density at radius 2 is 1.48 bits per heavy atom. The predicted octanol–water partition coefficient (Wildman–Crippen LogP) is 4.26. The Hall–Kier alpha value is -2.36. The van der Waals surface area contributed by atoms with Crippen LogP contribution in [0, 0.1) is 0 Å². The van der Waals surface area contributed by atoms with E-state index in [2.05, 4.69) is 0 Å². The van der Waals surface area contributed by atoms with Crippen LogP contribution in [0.5, 0.6) is 23.0 Å². The van der Waals surface area contributed by atoms with Crippen LogP contribution in [0.4, 0.5) is 0 Å². The van der Waals surface area contributed by atoms with Crippen molar-refractivity contribution in [3.05, 3.63) is 48.0 Å². The summed E-state index contributed by atoms with van der Waals surface area (Å²) in [6, 6.07) is 12.3. The molecule has 0 unspecified atom stereocenters. The molecular weight excluding hydrogens is 268 g/mol. The molecule has 0 saturated carbocycles. The lowest BCUT2D eigenvalue weighted by atomic mass is 10.2. The van der Waals surface area contributed by atoms with Crippen LogP contribution in [0.2, 0.25) is 0 Å². The van der Waals surface area contributed by atoms with Crippen LogP contribution in [0.15, 0.2) is 42.5 Å². The van der Waals surface area contributed by atoms with Crippen molar-refractivity contribution in [2.45, 2.75) is 21.5 Å². The summed E-state index contributed by atoms with van der Waals surface area (Å²) in [5.41, 5.74) is 0.930. The van der Waals surface area contributed by atoms with Gasteiger partial charge in [0.1, 0.15) is 29.6 Å². The normalized spacial score (nSPS) is 9.05. The summed E-state index contributed by atoms with van der Waals surface area (Å²) < 4.78 is 16.0. The van der Waals surface area contributed by atoms with Crippen LogP contribution in [0.25, 0.3) is 0 Å². The summed E-state index contributed by atoms with van der Waals surface area (Å²) in [6.07, 6.45) is 0. The number of phenols is 1. The Labute approximate surface area is 126 Å². The van der Waals surface area contributed by atoms with Crippen molar-refractivity contribution in [2.24, 2.45) is 0 Å². The molecule has 0 amide bonds. The van der Waals surface area contributed by atoms with Gasteiger partial charge in [0, 0.05) is 12.1 Å². The molecule has 0 saturated heterocycles. The van der Waals surface area contributed by atoms with Crippen LogP contribution < -0.4 is 14.2 Å². The standard InChI is InChI=1S/C15H16O4.2CH4/c1-17-14-6-11(7-15(9-14)18-2)10-19-13-5-3-4-12(16)8-13;;/h3-9,16H,10H2,1-2H3;2*1H4. The lowest BCUT2D eigenvalue weighted by Gasteiger charge is -2.10. The van der Waals surface area contributed by atoms with Gasteiger partial charge in [-0.3, -0.25) is 0 Å². The molecule has 21 heavy (non-hydrogen) atoms. The van der Waals surface area contributed by atoms with Crippen LogP contribution in [-0.4, -0.2) is 19.3 Å². The lowest BCUT2D eigenvalue weighted by molar-refractivity contribution is 0.302. The molecule has 0 aromatic heterocycles. The largest absolute Gasteiger partial charge is 0.508 e. The third kappa shape index (κ3) is 5.26. The highest BCUT2D eigenvalue weighted by Crippen LogP contribution is 2.24. The molecule has 0 spiro atoms. The number of aromatic hydroxyl groups is 1. The number of hydrogen-bond acceptors (Lipinski definition) is 4. The van der Waals surface area contributed by atoms with E-state index in [1.807, 2.05) is 12.1 Å². The van der Waals surface area contributed by atoms with Crippen molar-refractivity contribution in [2.75, 3.05) is 14.2 Å². The van der Waals surface area contributed by atoms with Gasteiger partial charge in [0.25, 0.3) is 0 Å². The number of benzene rings is 2. The maximum atomic E-state index is 9.35. The molecule has 0 atom stereocenters. The molecule has 0 aliphatic rings. The van der Waals surface area contributed by atoms with Crippen molar-refractivity contribution in [1.29, 1.82) is 0 Å². The first-order chi connectivity index (χ1) is 9.21. The number of rotatable bonds is 5. The maximum Gasteiger partial charge on any atom is 0.123 e. The molecule has 116 valence electrons. The fourth-order valence-electron chi connectivity index (χ4n) is 1.69. The van der Waals surface area contributed by atoms with Gasteiger partial charge in [0.15, 0.2) is 0 Å². The van der Waals surface area contributed by atoms with Crippen molar-refractivity contribution in [3.63, 3.8) is 0 Å². The SMILES string of the molecule is C.C.COc1cc(COc2cccc(O)c2)cc(OC)c1. The summed E-state index contributed by atoms with van der Waals surface area (Å²) in [7, 11) is 3.21. The number of phenolic OH excluding ortho intramolecular Hbond substituents is 1. The van der Waals surface area contributed by atoms with Gasteiger partial charge in [-0.1, -0.05) is 20.9 Å². The van der Waals surface area contributed by atoms with Gasteiger partial charge >= 0.3 is 0 Å². The van der Waals surface area contributed by atoms with Crippen molar-refractivity contribution in [1.82, 2.24) is 0 Å². The Bertz CT molecular complexity index is 530. The quantitative estimate of drug-likeness (QED) is 0.894. The Morgan fingerprint density at radius 3 is 2.00 bits per heavy atom. The Balaban J connectivity index is 0.00000200. The molecule has 2 aromatic rings. The number of methoxy groups -OCH3 is 2. The van der Waals surface area contributed by atoms with Crippen molar-refractivity contribution in [3.8, 4) is 23.0 Å². The van der Waals surface area contributed by atoms with E-state index >= 15 is 0 Å². The molecule has 0 aliphatic heterocycles. The van der Waals surface area contributed by atoms with E-state index in [9.17, 15) is 5.11 Å². The fraction of sp³-hybridized carbons (Fsp3) is 0.294. The van der Waals surface area contributed by atoms with Crippen LogP contribution >= 0.6 is 0 Å². The molecule has 0 heterocycles. The van der Waals surface area contributed by atoms with Gasteiger partial charge in [0.05, 0.1) is 14.2 Å². The minimum Gasteiger partial charge on any atom is -0.508 e. The summed E-state index contributed by atoms with van der Waals surface area (Å²) in [5, 5.41) is 9.35. The summed E-state index contributed by atoms with van der Waals surface area (Å²) in [6.45, 7) is 0.372. The first kappa shape index (κ1) is 18.6. The molecular formula is C17H24O4. The predicted molar refractivity (Wildman–Crippen MR) is 85.4 cm³/mol. The summed E-state index contributed by atoms with van der Waals surface area (Å²) >= 11 is 0. The summed E-state index contributed by atoms with van der Waals surface area (Å²) in [5.74, 6) is 2.23. The second kappa shape index (κ2) is 8.74. The minimum absolute atomic E-state index is 0. The van der Waals surface area contributed by atoms with E-state index in [0.717, 1.165) is 5.56 Å². The van der Waals surface area contributed by atoms with Gasteiger partial charge in [-0.25, -0.2) is 0 Å². The van der Waals surface area contributed by atoms with E-state index in [1.54, 1.807) is 44.6 Å². The second-order valence-corrected chi connectivity index (χ2v) is 4.01. The van der Waals surface area contributed by atoms with Crippen LogP contribution in [-0.2, 0) is 6.61 Å². The second-order valence-electron chi connectivity index (χ2n) is 4.01. The maximum absolute atomic E-state index is 9.35. The molecule has 2 rings (SSSR count). The van der Waals surface area contributed by atoms with Gasteiger partial charge in [0.2, 0.25) is 0 Å². The minimum atomic E-state index is 0. The summed E-state index contributed by atoms with van der Waals surface area (Å²) in [4.78, 5) is 0. The Kier molecular flexibility index (Phi) is 7.76. The number of hydrogen-bond donors (Lipinski definition) is 1. The molecule has 4 heteroatoms. The van der Waals surface area contributed by atoms with Crippen molar-refractivity contribution >= 4 is 0 Å². The molecule has 0 aliphatic carbocycles.